The normalized spacial score (nSPS) is 15.4. The Labute approximate surface area is 170 Å². The Morgan fingerprint density at radius 1 is 1.18 bits per heavy atom. The van der Waals surface area contributed by atoms with Crippen molar-refractivity contribution in [3.8, 4) is 0 Å². The van der Waals surface area contributed by atoms with E-state index in [1.165, 1.54) is 11.1 Å². The van der Waals surface area contributed by atoms with Gasteiger partial charge in [-0.25, -0.2) is 4.98 Å². The van der Waals surface area contributed by atoms with Crippen LogP contribution in [0.25, 0.3) is 0 Å². The molecule has 2 aromatic carbocycles. The van der Waals surface area contributed by atoms with Gasteiger partial charge in [0.25, 0.3) is 5.91 Å². The zero-order chi connectivity index (χ0) is 19.5. The Bertz CT molecular complexity index is 987. The highest BCUT2D eigenvalue weighted by Gasteiger charge is 2.31. The van der Waals surface area contributed by atoms with Crippen molar-refractivity contribution in [1.29, 1.82) is 0 Å². The van der Waals surface area contributed by atoms with Gasteiger partial charge in [-0.2, -0.15) is 0 Å². The summed E-state index contributed by atoms with van der Waals surface area (Å²) in [4.78, 5) is 19.2. The molecule has 1 aliphatic heterocycles. The van der Waals surface area contributed by atoms with Crippen LogP contribution in [0.15, 0.2) is 66.9 Å². The van der Waals surface area contributed by atoms with Gasteiger partial charge in [-0.05, 0) is 61.2 Å². The maximum Gasteiger partial charge on any atom is 0.277 e. The summed E-state index contributed by atoms with van der Waals surface area (Å²) >= 11 is 6.02. The minimum atomic E-state index is -0.0528. The van der Waals surface area contributed by atoms with Crippen molar-refractivity contribution in [3.63, 3.8) is 0 Å². The first-order valence-corrected chi connectivity index (χ1v) is 9.85. The summed E-state index contributed by atoms with van der Waals surface area (Å²) in [6.45, 7) is 2.84. The highest BCUT2D eigenvalue weighted by Crippen LogP contribution is 2.32. The maximum atomic E-state index is 13.0. The molecule has 1 aromatic heterocycles. The largest absolute Gasteiger partial charge is 0.383 e. The second kappa shape index (κ2) is 8.03. The highest BCUT2D eigenvalue weighted by atomic mass is 35.5. The van der Waals surface area contributed by atoms with Gasteiger partial charge in [0.15, 0.2) is 0 Å². The van der Waals surface area contributed by atoms with Crippen LogP contribution >= 0.6 is 11.6 Å². The molecular formula is C23H22ClN3O. The molecule has 1 aliphatic rings. The molecule has 4 nitrogen and oxygen atoms in total. The van der Waals surface area contributed by atoms with Crippen molar-refractivity contribution in [3.05, 3.63) is 88.7 Å². The number of benzene rings is 2. The topological polar surface area (TPSA) is 45.2 Å². The fourth-order valence-corrected chi connectivity index (χ4v) is 3.88. The van der Waals surface area contributed by atoms with Crippen molar-refractivity contribution in [2.75, 3.05) is 16.8 Å². The average molecular weight is 392 g/mol. The summed E-state index contributed by atoms with van der Waals surface area (Å²) in [6.07, 6.45) is 3.46. The lowest BCUT2D eigenvalue weighted by molar-refractivity contribution is 0.0976. The second-order valence-corrected chi connectivity index (χ2v) is 7.53. The fourth-order valence-electron chi connectivity index (χ4n) is 3.67. The van der Waals surface area contributed by atoms with Gasteiger partial charge in [-0.3, -0.25) is 4.79 Å². The first-order valence-electron chi connectivity index (χ1n) is 9.47. The van der Waals surface area contributed by atoms with Crippen LogP contribution in [0.4, 0.5) is 11.4 Å². The van der Waals surface area contributed by atoms with E-state index in [4.69, 9.17) is 11.6 Å². The third-order valence-electron chi connectivity index (χ3n) is 5.04. The SMILES string of the molecule is CC1Cc2ccccc2N1C(=O)c1ccc(NCCc2cccc(Cl)c2)cn1. The van der Waals surface area contributed by atoms with Gasteiger partial charge in [0.2, 0.25) is 0 Å². The number of carbonyl (C=O) groups is 1. The Morgan fingerprint density at radius 2 is 2.04 bits per heavy atom. The first kappa shape index (κ1) is 18.5. The molecule has 1 N–H and O–H groups in total. The van der Waals surface area contributed by atoms with E-state index in [0.717, 1.165) is 35.8 Å². The monoisotopic (exact) mass is 391 g/mol. The van der Waals surface area contributed by atoms with Crippen LogP contribution < -0.4 is 10.2 Å². The van der Waals surface area contributed by atoms with Crippen LogP contribution in [0.1, 0.15) is 28.5 Å². The fraction of sp³-hybridized carbons (Fsp3) is 0.217. The summed E-state index contributed by atoms with van der Waals surface area (Å²) in [6, 6.07) is 19.8. The lowest BCUT2D eigenvalue weighted by Crippen LogP contribution is -2.36. The van der Waals surface area contributed by atoms with E-state index >= 15 is 0 Å². The second-order valence-electron chi connectivity index (χ2n) is 7.10. The van der Waals surface area contributed by atoms with Gasteiger partial charge in [-0.15, -0.1) is 0 Å². The van der Waals surface area contributed by atoms with Gasteiger partial charge in [0.1, 0.15) is 5.69 Å². The molecule has 0 saturated carbocycles. The molecule has 0 spiro atoms. The summed E-state index contributed by atoms with van der Waals surface area (Å²) in [5.74, 6) is -0.0528. The lowest BCUT2D eigenvalue weighted by atomic mass is 10.1. The minimum absolute atomic E-state index is 0.0528. The predicted molar refractivity (Wildman–Crippen MR) is 114 cm³/mol. The van der Waals surface area contributed by atoms with Crippen LogP contribution in [-0.2, 0) is 12.8 Å². The molecule has 1 amide bonds. The molecule has 0 aliphatic carbocycles. The van der Waals surface area contributed by atoms with Crippen molar-refractivity contribution < 1.29 is 4.79 Å². The molecule has 0 saturated heterocycles. The van der Waals surface area contributed by atoms with Crippen molar-refractivity contribution in [1.82, 2.24) is 4.98 Å². The zero-order valence-corrected chi connectivity index (χ0v) is 16.5. The summed E-state index contributed by atoms with van der Waals surface area (Å²) in [7, 11) is 0. The third kappa shape index (κ3) is 3.87. The Balaban J connectivity index is 1.40. The van der Waals surface area contributed by atoms with E-state index in [-0.39, 0.29) is 11.9 Å². The smallest absolute Gasteiger partial charge is 0.277 e. The van der Waals surface area contributed by atoms with Gasteiger partial charge in [-0.1, -0.05) is 41.9 Å². The van der Waals surface area contributed by atoms with Gasteiger partial charge >= 0.3 is 0 Å². The third-order valence-corrected chi connectivity index (χ3v) is 5.28. The van der Waals surface area contributed by atoms with E-state index in [9.17, 15) is 4.79 Å². The molecule has 142 valence electrons. The number of pyridine rings is 1. The van der Waals surface area contributed by atoms with Gasteiger partial charge in [0.05, 0.1) is 11.9 Å². The standard InChI is InChI=1S/C23H22ClN3O/c1-16-13-18-6-2-3-8-22(18)27(16)23(28)21-10-9-20(15-26-21)25-12-11-17-5-4-7-19(24)14-17/h2-10,14-16,25H,11-13H2,1H3. The Morgan fingerprint density at radius 3 is 2.82 bits per heavy atom. The zero-order valence-electron chi connectivity index (χ0n) is 15.7. The van der Waals surface area contributed by atoms with Crippen LogP contribution in [0.2, 0.25) is 5.02 Å². The number of fused-ring (bicyclic) bond motifs is 1. The molecule has 0 bridgehead atoms. The van der Waals surface area contributed by atoms with Crippen molar-refractivity contribution >= 4 is 28.9 Å². The number of amides is 1. The van der Waals surface area contributed by atoms with Crippen molar-refractivity contribution in [2.24, 2.45) is 0 Å². The first-order chi connectivity index (χ1) is 13.6. The number of hydrogen-bond acceptors (Lipinski definition) is 3. The quantitative estimate of drug-likeness (QED) is 0.667. The molecule has 3 aromatic rings. The number of nitrogens with zero attached hydrogens (tertiary/aromatic N) is 2. The van der Waals surface area contributed by atoms with Gasteiger partial charge in [0, 0.05) is 23.3 Å². The lowest BCUT2D eigenvalue weighted by Gasteiger charge is -2.22. The minimum Gasteiger partial charge on any atom is -0.383 e. The molecule has 5 heteroatoms. The van der Waals surface area contributed by atoms with Crippen LogP contribution in [0, 0.1) is 0 Å². The Kier molecular flexibility index (Phi) is 5.31. The Hall–Kier alpha value is -2.85. The number of hydrogen-bond donors (Lipinski definition) is 1. The number of anilines is 2. The van der Waals surface area contributed by atoms with Crippen LogP contribution in [0.3, 0.4) is 0 Å². The molecule has 1 atom stereocenters. The summed E-state index contributed by atoms with van der Waals surface area (Å²) in [5, 5.41) is 4.09. The van der Waals surface area contributed by atoms with E-state index in [1.54, 1.807) is 12.3 Å². The summed E-state index contributed by atoms with van der Waals surface area (Å²) < 4.78 is 0. The highest BCUT2D eigenvalue weighted by molar-refractivity contribution is 6.30. The van der Waals surface area contributed by atoms with Crippen LogP contribution in [-0.4, -0.2) is 23.5 Å². The van der Waals surface area contributed by atoms with Crippen LogP contribution in [0.5, 0.6) is 0 Å². The molecule has 4 rings (SSSR count). The molecule has 2 heterocycles. The number of para-hydroxylation sites is 1. The van der Waals surface area contributed by atoms with E-state index < -0.39 is 0 Å². The number of aromatic nitrogens is 1. The molecule has 1 unspecified atom stereocenters. The van der Waals surface area contributed by atoms with E-state index in [1.807, 2.05) is 47.4 Å². The molecule has 0 radical (unpaired) electrons. The van der Waals surface area contributed by atoms with E-state index in [0.29, 0.717) is 5.69 Å². The summed E-state index contributed by atoms with van der Waals surface area (Å²) in [5.41, 5.74) is 4.74. The average Bonchev–Trinajstić information content (AvgIpc) is 3.04. The molecular weight excluding hydrogens is 370 g/mol. The number of nitrogens with one attached hydrogen (secondary N) is 1. The number of rotatable bonds is 5. The molecule has 0 fully saturated rings. The van der Waals surface area contributed by atoms with E-state index in [2.05, 4.69) is 29.4 Å². The molecule has 28 heavy (non-hydrogen) atoms. The number of carbonyl (C=O) groups excluding carboxylic acids is 1. The van der Waals surface area contributed by atoms with Gasteiger partial charge < -0.3 is 10.2 Å². The number of halogens is 1. The predicted octanol–water partition coefficient (Wildman–Crippen LogP) is 4.98. The van der Waals surface area contributed by atoms with Crippen molar-refractivity contribution in [2.45, 2.75) is 25.8 Å². The maximum absolute atomic E-state index is 13.0.